The SMILES string of the molecule is C/C=C/CC/C(F)=C(\F)c1ccc(-c2ccc(CCc3cc(F)c(C(F)(F)Oc4cc(F)c(F)c(F)c4)c(F)c3)c(F)c2)cc1. The summed E-state index contributed by atoms with van der Waals surface area (Å²) < 4.78 is 146. The Morgan fingerprint density at radius 3 is 1.89 bits per heavy atom. The summed E-state index contributed by atoms with van der Waals surface area (Å²) >= 11 is 0. The van der Waals surface area contributed by atoms with E-state index in [1.165, 1.54) is 36.4 Å². The lowest BCUT2D eigenvalue weighted by molar-refractivity contribution is -0.189. The van der Waals surface area contributed by atoms with Gasteiger partial charge < -0.3 is 4.74 Å². The number of aryl methyl sites for hydroxylation is 2. The van der Waals surface area contributed by atoms with Gasteiger partial charge in [0.25, 0.3) is 0 Å². The maximum Gasteiger partial charge on any atom is 0.432 e. The average molecular weight is 639 g/mol. The first-order chi connectivity index (χ1) is 21.3. The molecule has 0 spiro atoms. The fraction of sp³-hybridized carbons (Fsp3) is 0.176. The van der Waals surface area contributed by atoms with Crippen molar-refractivity contribution in [1.29, 1.82) is 0 Å². The third-order valence-corrected chi connectivity index (χ3v) is 6.81. The first kappa shape index (κ1) is 33.4. The van der Waals surface area contributed by atoms with Gasteiger partial charge in [0.15, 0.2) is 23.3 Å². The van der Waals surface area contributed by atoms with E-state index < -0.39 is 64.0 Å². The Labute approximate surface area is 252 Å². The summed E-state index contributed by atoms with van der Waals surface area (Å²) in [5, 5.41) is 0. The highest BCUT2D eigenvalue weighted by atomic mass is 19.3. The normalized spacial score (nSPS) is 12.5. The number of hydrogen-bond donors (Lipinski definition) is 0. The Bertz CT molecular complexity index is 1700. The first-order valence-electron chi connectivity index (χ1n) is 13.5. The average Bonchev–Trinajstić information content (AvgIpc) is 2.98. The quantitative estimate of drug-likeness (QED) is 0.0903. The lowest BCUT2D eigenvalue weighted by atomic mass is 9.98. The zero-order valence-electron chi connectivity index (χ0n) is 23.5. The Balaban J connectivity index is 1.45. The van der Waals surface area contributed by atoms with Gasteiger partial charge in [-0.1, -0.05) is 48.6 Å². The molecule has 0 heterocycles. The van der Waals surface area contributed by atoms with Gasteiger partial charge in [0.05, 0.1) is 0 Å². The van der Waals surface area contributed by atoms with Crippen molar-refractivity contribution in [3.05, 3.63) is 142 Å². The Morgan fingerprint density at radius 2 is 1.31 bits per heavy atom. The molecule has 236 valence electrons. The molecule has 4 rings (SSSR count). The molecular weight excluding hydrogens is 614 g/mol. The second kappa shape index (κ2) is 14.0. The predicted molar refractivity (Wildman–Crippen MR) is 150 cm³/mol. The molecule has 0 aliphatic carbocycles. The van der Waals surface area contributed by atoms with E-state index in [4.69, 9.17) is 0 Å². The summed E-state index contributed by atoms with van der Waals surface area (Å²) in [6, 6.07) is 11.3. The fourth-order valence-corrected chi connectivity index (χ4v) is 4.50. The van der Waals surface area contributed by atoms with E-state index in [2.05, 4.69) is 4.74 Å². The fourth-order valence-electron chi connectivity index (χ4n) is 4.50. The van der Waals surface area contributed by atoms with E-state index in [1.807, 2.05) is 0 Å². The van der Waals surface area contributed by atoms with Crippen LogP contribution in [0.4, 0.5) is 43.9 Å². The lowest BCUT2D eigenvalue weighted by Crippen LogP contribution is -2.25. The second-order valence-corrected chi connectivity index (χ2v) is 9.96. The Kier molecular flexibility index (Phi) is 10.4. The van der Waals surface area contributed by atoms with Crippen molar-refractivity contribution in [3.8, 4) is 16.9 Å². The molecule has 0 saturated heterocycles. The van der Waals surface area contributed by atoms with Crippen molar-refractivity contribution in [3.63, 3.8) is 0 Å². The van der Waals surface area contributed by atoms with Crippen molar-refractivity contribution < 1.29 is 48.6 Å². The number of rotatable bonds is 11. The Morgan fingerprint density at radius 1 is 0.711 bits per heavy atom. The molecule has 0 aliphatic heterocycles. The smallest absolute Gasteiger partial charge is 0.429 e. The molecule has 45 heavy (non-hydrogen) atoms. The second-order valence-electron chi connectivity index (χ2n) is 9.96. The van der Waals surface area contributed by atoms with E-state index in [1.54, 1.807) is 25.1 Å². The molecule has 0 fully saturated rings. The summed E-state index contributed by atoms with van der Waals surface area (Å²) in [7, 11) is 0. The summed E-state index contributed by atoms with van der Waals surface area (Å²) in [5.41, 5.74) is -0.834. The number of halogens is 10. The van der Waals surface area contributed by atoms with Crippen molar-refractivity contribution in [2.24, 2.45) is 0 Å². The van der Waals surface area contributed by atoms with Crippen LogP contribution in [0.1, 0.15) is 42.0 Å². The molecule has 0 radical (unpaired) electrons. The molecule has 11 heteroatoms. The van der Waals surface area contributed by atoms with Gasteiger partial charge in [0.2, 0.25) is 0 Å². The maximum atomic E-state index is 14.9. The topological polar surface area (TPSA) is 9.23 Å². The number of allylic oxidation sites excluding steroid dienone is 3. The minimum atomic E-state index is -4.73. The Hall–Kier alpha value is -4.54. The lowest BCUT2D eigenvalue weighted by Gasteiger charge is -2.20. The molecule has 0 amide bonds. The van der Waals surface area contributed by atoms with E-state index in [-0.39, 0.29) is 48.1 Å². The van der Waals surface area contributed by atoms with Crippen LogP contribution in [0, 0.1) is 34.9 Å². The van der Waals surface area contributed by atoms with Gasteiger partial charge in [-0.3, -0.25) is 0 Å². The first-order valence-corrected chi connectivity index (χ1v) is 13.5. The zero-order chi connectivity index (χ0) is 32.9. The molecular formula is C34H24F10O. The molecule has 0 aromatic heterocycles. The minimum Gasteiger partial charge on any atom is -0.429 e. The minimum absolute atomic E-state index is 0.0295. The summed E-state index contributed by atoms with van der Waals surface area (Å²) in [6.07, 6.45) is -1.25. The van der Waals surface area contributed by atoms with Crippen LogP contribution < -0.4 is 4.74 Å². The van der Waals surface area contributed by atoms with E-state index in [0.29, 0.717) is 29.7 Å². The predicted octanol–water partition coefficient (Wildman–Crippen LogP) is 11.1. The van der Waals surface area contributed by atoms with Crippen LogP contribution in [0.15, 0.2) is 84.7 Å². The van der Waals surface area contributed by atoms with Crippen LogP contribution in [0.3, 0.4) is 0 Å². The van der Waals surface area contributed by atoms with Crippen molar-refractivity contribution >= 4 is 5.83 Å². The van der Waals surface area contributed by atoms with Crippen LogP contribution in [-0.2, 0) is 19.0 Å². The molecule has 4 aromatic rings. The van der Waals surface area contributed by atoms with E-state index in [0.717, 1.165) is 0 Å². The van der Waals surface area contributed by atoms with Crippen LogP contribution in [0.25, 0.3) is 17.0 Å². The summed E-state index contributed by atoms with van der Waals surface area (Å²) in [5.74, 6) is -12.8. The van der Waals surface area contributed by atoms with Crippen molar-refractivity contribution in [2.45, 2.75) is 38.7 Å². The van der Waals surface area contributed by atoms with Gasteiger partial charge in [-0.25, -0.2) is 35.1 Å². The molecule has 1 nitrogen and oxygen atoms in total. The van der Waals surface area contributed by atoms with Gasteiger partial charge in [0.1, 0.15) is 34.6 Å². The van der Waals surface area contributed by atoms with Crippen LogP contribution in [-0.4, -0.2) is 0 Å². The highest BCUT2D eigenvalue weighted by Crippen LogP contribution is 2.36. The zero-order valence-corrected chi connectivity index (χ0v) is 23.5. The third kappa shape index (κ3) is 7.95. The van der Waals surface area contributed by atoms with Crippen LogP contribution >= 0.6 is 0 Å². The van der Waals surface area contributed by atoms with Crippen molar-refractivity contribution in [1.82, 2.24) is 0 Å². The maximum absolute atomic E-state index is 14.9. The molecule has 4 aromatic carbocycles. The molecule has 0 bridgehead atoms. The number of hydrogen-bond acceptors (Lipinski definition) is 1. The number of benzene rings is 4. The molecule has 0 saturated carbocycles. The van der Waals surface area contributed by atoms with Gasteiger partial charge in [0, 0.05) is 24.1 Å². The molecule has 0 unspecified atom stereocenters. The molecule has 0 N–H and O–H groups in total. The summed E-state index contributed by atoms with van der Waals surface area (Å²) in [4.78, 5) is 0. The monoisotopic (exact) mass is 638 g/mol. The van der Waals surface area contributed by atoms with Gasteiger partial charge in [-0.05, 0) is 66.6 Å². The largest absolute Gasteiger partial charge is 0.432 e. The third-order valence-electron chi connectivity index (χ3n) is 6.81. The van der Waals surface area contributed by atoms with Crippen LogP contribution in [0.2, 0.25) is 0 Å². The van der Waals surface area contributed by atoms with Crippen LogP contribution in [0.5, 0.6) is 5.75 Å². The van der Waals surface area contributed by atoms with E-state index >= 15 is 0 Å². The highest BCUT2D eigenvalue weighted by Gasteiger charge is 2.41. The molecule has 0 aliphatic rings. The molecule has 0 atom stereocenters. The number of alkyl halides is 2. The van der Waals surface area contributed by atoms with Gasteiger partial charge in [-0.2, -0.15) is 8.78 Å². The van der Waals surface area contributed by atoms with Crippen molar-refractivity contribution in [2.75, 3.05) is 0 Å². The van der Waals surface area contributed by atoms with Gasteiger partial charge >= 0.3 is 6.11 Å². The summed E-state index contributed by atoms with van der Waals surface area (Å²) in [6.45, 7) is 1.77. The van der Waals surface area contributed by atoms with Gasteiger partial charge in [-0.15, -0.1) is 0 Å². The highest BCUT2D eigenvalue weighted by molar-refractivity contribution is 5.68. The number of ether oxygens (including phenoxy) is 1. The standard InChI is InChI=1S/C34H24F10O/c1-2-3-4-5-25(35)32(41)22-11-8-20(9-12-22)23-13-10-21(26(36)16-23)7-6-19-14-27(37)31(28(38)15-19)34(43,44)45-24-17-29(39)33(42)30(40)18-24/h2-3,8-18H,4-7H2,1H3/b3-2+,32-25+. The van der Waals surface area contributed by atoms with E-state index in [9.17, 15) is 43.9 Å².